The molecule has 9 nitrogen and oxygen atoms in total. The Kier molecular flexibility index (Phi) is 7.79. The number of hydrogen-bond acceptors (Lipinski definition) is 8. The average Bonchev–Trinajstić information content (AvgIpc) is 3.25. The van der Waals surface area contributed by atoms with Crippen LogP contribution in [0.3, 0.4) is 0 Å². The molecule has 0 aliphatic heterocycles. The lowest BCUT2D eigenvalue weighted by molar-refractivity contribution is -0.115. The second-order valence-electron chi connectivity index (χ2n) is 6.97. The van der Waals surface area contributed by atoms with Gasteiger partial charge in [0.15, 0.2) is 0 Å². The maximum Gasteiger partial charge on any atom is 0.338 e. The van der Waals surface area contributed by atoms with Gasteiger partial charge in [0.05, 0.1) is 24.8 Å². The SMILES string of the molecule is CNS(=O)(=O)c1cc(C(=O)OCc2csc(CC(=O)Nc3ccc(C)cc3)n2)ccc1OC. The summed E-state index contributed by atoms with van der Waals surface area (Å²) >= 11 is 1.28. The molecule has 33 heavy (non-hydrogen) atoms. The molecule has 3 rings (SSSR count). The smallest absolute Gasteiger partial charge is 0.338 e. The number of aryl methyl sites for hydroxylation is 1. The van der Waals surface area contributed by atoms with Gasteiger partial charge in [-0.3, -0.25) is 4.79 Å². The molecule has 0 aliphatic carbocycles. The molecule has 3 aromatic rings. The first-order valence-electron chi connectivity index (χ1n) is 9.80. The van der Waals surface area contributed by atoms with Crippen molar-refractivity contribution in [1.29, 1.82) is 0 Å². The monoisotopic (exact) mass is 489 g/mol. The summed E-state index contributed by atoms with van der Waals surface area (Å²) in [6, 6.07) is 11.5. The third kappa shape index (κ3) is 6.37. The van der Waals surface area contributed by atoms with Crippen LogP contribution in [0.25, 0.3) is 0 Å². The minimum Gasteiger partial charge on any atom is -0.495 e. The molecule has 2 N–H and O–H groups in total. The van der Waals surface area contributed by atoms with Gasteiger partial charge in [0.1, 0.15) is 22.3 Å². The zero-order chi connectivity index (χ0) is 24.0. The Morgan fingerprint density at radius 3 is 2.52 bits per heavy atom. The number of nitrogens with one attached hydrogen (secondary N) is 2. The minimum absolute atomic E-state index is 0.0533. The summed E-state index contributed by atoms with van der Waals surface area (Å²) in [5, 5.41) is 5.09. The number of sulfonamides is 1. The zero-order valence-electron chi connectivity index (χ0n) is 18.2. The van der Waals surface area contributed by atoms with Gasteiger partial charge in [0.2, 0.25) is 15.9 Å². The van der Waals surface area contributed by atoms with Crippen molar-refractivity contribution in [3.8, 4) is 5.75 Å². The van der Waals surface area contributed by atoms with Crippen LogP contribution in [0.5, 0.6) is 5.75 Å². The second-order valence-corrected chi connectivity index (χ2v) is 9.77. The number of hydrogen-bond donors (Lipinski definition) is 2. The van der Waals surface area contributed by atoms with Crippen molar-refractivity contribution in [3.63, 3.8) is 0 Å². The largest absolute Gasteiger partial charge is 0.495 e. The van der Waals surface area contributed by atoms with Crippen molar-refractivity contribution in [2.24, 2.45) is 0 Å². The molecule has 1 amide bonds. The highest BCUT2D eigenvalue weighted by Crippen LogP contribution is 2.25. The Morgan fingerprint density at radius 2 is 1.85 bits per heavy atom. The molecule has 0 saturated heterocycles. The number of nitrogens with zero attached hydrogens (tertiary/aromatic N) is 1. The standard InChI is InChI=1S/C22H23N3O6S2/c1-14-4-7-16(8-5-14)24-20(26)11-21-25-17(13-32-21)12-31-22(27)15-6-9-18(30-3)19(10-15)33(28,29)23-2/h4-10,13,23H,11-12H2,1-3H3,(H,24,26). The number of carbonyl (C=O) groups excluding carboxylic acids is 2. The van der Waals surface area contributed by atoms with Gasteiger partial charge in [-0.05, 0) is 44.3 Å². The van der Waals surface area contributed by atoms with Gasteiger partial charge in [0, 0.05) is 11.1 Å². The molecule has 0 unspecified atom stereocenters. The summed E-state index contributed by atoms with van der Waals surface area (Å²) in [6.07, 6.45) is 0.0935. The van der Waals surface area contributed by atoms with Crippen LogP contribution in [0, 0.1) is 6.92 Å². The van der Waals surface area contributed by atoms with Gasteiger partial charge in [-0.1, -0.05) is 17.7 Å². The summed E-state index contributed by atoms with van der Waals surface area (Å²) in [6.45, 7) is 1.85. The van der Waals surface area contributed by atoms with Crippen molar-refractivity contribution in [2.45, 2.75) is 24.8 Å². The van der Waals surface area contributed by atoms with Gasteiger partial charge >= 0.3 is 5.97 Å². The van der Waals surface area contributed by atoms with E-state index in [-0.39, 0.29) is 35.1 Å². The molecular weight excluding hydrogens is 466 g/mol. The zero-order valence-corrected chi connectivity index (χ0v) is 19.9. The summed E-state index contributed by atoms with van der Waals surface area (Å²) in [4.78, 5) is 28.8. The number of benzene rings is 2. The van der Waals surface area contributed by atoms with Crippen molar-refractivity contribution >= 4 is 38.9 Å². The summed E-state index contributed by atoms with van der Waals surface area (Å²) in [5.74, 6) is -0.806. The van der Waals surface area contributed by atoms with E-state index in [1.807, 2.05) is 31.2 Å². The van der Waals surface area contributed by atoms with E-state index in [0.29, 0.717) is 16.4 Å². The van der Waals surface area contributed by atoms with Gasteiger partial charge in [-0.25, -0.2) is 22.9 Å². The van der Waals surface area contributed by atoms with Gasteiger partial charge in [-0.2, -0.15) is 0 Å². The van der Waals surface area contributed by atoms with E-state index in [9.17, 15) is 18.0 Å². The number of carbonyl (C=O) groups is 2. The molecule has 0 saturated carbocycles. The number of aromatic nitrogens is 1. The lowest BCUT2D eigenvalue weighted by Gasteiger charge is -2.10. The topological polar surface area (TPSA) is 124 Å². The van der Waals surface area contributed by atoms with E-state index in [1.54, 1.807) is 5.38 Å². The van der Waals surface area contributed by atoms with E-state index in [0.717, 1.165) is 5.56 Å². The number of anilines is 1. The van der Waals surface area contributed by atoms with Crippen molar-refractivity contribution in [2.75, 3.05) is 19.5 Å². The number of amides is 1. The van der Waals surface area contributed by atoms with Crippen LogP contribution in [0.1, 0.15) is 26.6 Å². The highest BCUT2D eigenvalue weighted by atomic mass is 32.2. The predicted molar refractivity (Wildman–Crippen MR) is 124 cm³/mol. The number of esters is 1. The van der Waals surface area contributed by atoms with Gasteiger partial charge < -0.3 is 14.8 Å². The third-order valence-electron chi connectivity index (χ3n) is 4.56. The lowest BCUT2D eigenvalue weighted by atomic mass is 10.2. The molecule has 0 fully saturated rings. The first kappa shape index (κ1) is 24.4. The highest BCUT2D eigenvalue weighted by Gasteiger charge is 2.21. The van der Waals surface area contributed by atoms with Gasteiger partial charge in [-0.15, -0.1) is 11.3 Å². The maximum absolute atomic E-state index is 12.4. The molecule has 1 aromatic heterocycles. The molecule has 11 heteroatoms. The number of ether oxygens (including phenoxy) is 2. The highest BCUT2D eigenvalue weighted by molar-refractivity contribution is 7.89. The second kappa shape index (κ2) is 10.6. The fraction of sp³-hybridized carbons (Fsp3) is 0.227. The molecule has 0 bridgehead atoms. The molecule has 0 spiro atoms. The molecular formula is C22H23N3O6S2. The Bertz CT molecular complexity index is 1250. The van der Waals surface area contributed by atoms with Crippen LogP contribution in [-0.4, -0.2) is 39.4 Å². The third-order valence-corrected chi connectivity index (χ3v) is 6.89. The van der Waals surface area contributed by atoms with E-state index in [2.05, 4.69) is 15.0 Å². The first-order valence-corrected chi connectivity index (χ1v) is 12.2. The van der Waals surface area contributed by atoms with E-state index >= 15 is 0 Å². The maximum atomic E-state index is 12.4. The minimum atomic E-state index is -3.83. The van der Waals surface area contributed by atoms with Crippen molar-refractivity contribution in [3.05, 3.63) is 69.7 Å². The van der Waals surface area contributed by atoms with Crippen LogP contribution in [-0.2, 0) is 32.6 Å². The van der Waals surface area contributed by atoms with Crippen LogP contribution < -0.4 is 14.8 Å². The number of methoxy groups -OCH3 is 1. The summed E-state index contributed by atoms with van der Waals surface area (Å²) < 4.78 is 36.9. The first-order chi connectivity index (χ1) is 15.7. The number of rotatable bonds is 9. The average molecular weight is 490 g/mol. The molecule has 0 atom stereocenters. The predicted octanol–water partition coefficient (Wildman–Crippen LogP) is 2.91. The quantitative estimate of drug-likeness (QED) is 0.443. The normalized spacial score (nSPS) is 11.1. The molecule has 174 valence electrons. The molecule has 0 radical (unpaired) electrons. The lowest BCUT2D eigenvalue weighted by Crippen LogP contribution is -2.20. The Balaban J connectivity index is 1.60. The van der Waals surface area contributed by atoms with Crippen LogP contribution in [0.15, 0.2) is 52.7 Å². The number of thiazole rings is 1. The summed E-state index contributed by atoms with van der Waals surface area (Å²) in [7, 11) is -1.23. The fourth-order valence-electron chi connectivity index (χ4n) is 2.82. The Morgan fingerprint density at radius 1 is 1.12 bits per heavy atom. The van der Waals surface area contributed by atoms with E-state index < -0.39 is 16.0 Å². The van der Waals surface area contributed by atoms with Crippen LogP contribution in [0.2, 0.25) is 0 Å². The molecule has 0 aliphatic rings. The Labute approximate surface area is 195 Å². The van der Waals surface area contributed by atoms with Crippen molar-refractivity contribution in [1.82, 2.24) is 9.71 Å². The molecule has 2 aromatic carbocycles. The van der Waals surface area contributed by atoms with Crippen LogP contribution >= 0.6 is 11.3 Å². The van der Waals surface area contributed by atoms with E-state index in [4.69, 9.17) is 9.47 Å². The molecule has 1 heterocycles. The summed E-state index contributed by atoms with van der Waals surface area (Å²) in [5.41, 5.74) is 2.35. The fourth-order valence-corrected chi connectivity index (χ4v) is 4.52. The van der Waals surface area contributed by atoms with E-state index in [1.165, 1.54) is 43.7 Å². The van der Waals surface area contributed by atoms with Crippen molar-refractivity contribution < 1.29 is 27.5 Å². The Hall–Kier alpha value is -3.28. The van der Waals surface area contributed by atoms with Gasteiger partial charge in [0.25, 0.3) is 0 Å². The van der Waals surface area contributed by atoms with Crippen LogP contribution in [0.4, 0.5) is 5.69 Å².